The van der Waals surface area contributed by atoms with Crippen LogP contribution in [-0.2, 0) is 26.0 Å². The van der Waals surface area contributed by atoms with E-state index in [1.54, 1.807) is 55.1 Å². The molecule has 2 aromatic rings. The number of benzene rings is 2. The lowest BCUT2D eigenvalue weighted by molar-refractivity contribution is -0.118. The number of anilines is 2. The van der Waals surface area contributed by atoms with Crippen molar-refractivity contribution in [3.63, 3.8) is 0 Å². The minimum absolute atomic E-state index is 0.0662. The summed E-state index contributed by atoms with van der Waals surface area (Å²) in [5, 5.41) is 2.74. The number of hydrogen-bond donors (Lipinski definition) is 2. The molecule has 3 rings (SSSR count). The normalized spacial score (nSPS) is 14.3. The molecule has 166 valence electrons. The SMILES string of the molecule is COc1cccc(NC(=O)[C@H](NS(=O)(=O)c2ccc3c(c2)CCN3C(C)=O)C(C)C)c1. The second kappa shape index (κ2) is 9.07. The van der Waals surface area contributed by atoms with Crippen molar-refractivity contribution in [1.29, 1.82) is 0 Å². The van der Waals surface area contributed by atoms with Crippen molar-refractivity contribution in [2.75, 3.05) is 23.9 Å². The van der Waals surface area contributed by atoms with Gasteiger partial charge in [-0.05, 0) is 48.2 Å². The Morgan fingerprint density at radius 2 is 1.87 bits per heavy atom. The molecule has 1 aliphatic heterocycles. The summed E-state index contributed by atoms with van der Waals surface area (Å²) in [6.07, 6.45) is 0.586. The van der Waals surface area contributed by atoms with Crippen LogP contribution in [0.25, 0.3) is 0 Å². The van der Waals surface area contributed by atoms with Crippen LogP contribution in [0.15, 0.2) is 47.4 Å². The Kier molecular flexibility index (Phi) is 6.66. The first-order valence-electron chi connectivity index (χ1n) is 10.0. The number of rotatable bonds is 7. The lowest BCUT2D eigenvalue weighted by Gasteiger charge is -2.22. The quantitative estimate of drug-likeness (QED) is 0.682. The number of nitrogens with zero attached hydrogens (tertiary/aromatic N) is 1. The predicted molar refractivity (Wildman–Crippen MR) is 119 cm³/mol. The number of amides is 2. The van der Waals surface area contributed by atoms with Crippen LogP contribution in [0.3, 0.4) is 0 Å². The zero-order chi connectivity index (χ0) is 22.8. The molecule has 0 bridgehead atoms. The largest absolute Gasteiger partial charge is 0.497 e. The van der Waals surface area contributed by atoms with E-state index in [9.17, 15) is 18.0 Å². The third-order valence-corrected chi connectivity index (χ3v) is 6.64. The van der Waals surface area contributed by atoms with Crippen LogP contribution in [0.5, 0.6) is 5.75 Å². The zero-order valence-corrected chi connectivity index (χ0v) is 18.8. The maximum Gasteiger partial charge on any atom is 0.242 e. The molecule has 8 nitrogen and oxygen atoms in total. The first-order chi connectivity index (χ1) is 14.6. The van der Waals surface area contributed by atoms with Gasteiger partial charge in [0.25, 0.3) is 0 Å². The van der Waals surface area contributed by atoms with Crippen molar-refractivity contribution in [2.45, 2.75) is 38.1 Å². The van der Waals surface area contributed by atoms with Crippen LogP contribution < -0.4 is 19.7 Å². The second-order valence-electron chi connectivity index (χ2n) is 7.78. The molecule has 1 atom stereocenters. The topological polar surface area (TPSA) is 105 Å². The van der Waals surface area contributed by atoms with Crippen LogP contribution in [0.2, 0.25) is 0 Å². The Balaban J connectivity index is 1.80. The average molecular weight is 446 g/mol. The summed E-state index contributed by atoms with van der Waals surface area (Å²) in [6.45, 7) is 5.55. The number of nitrogens with one attached hydrogen (secondary N) is 2. The van der Waals surface area contributed by atoms with Crippen LogP contribution >= 0.6 is 0 Å². The summed E-state index contributed by atoms with van der Waals surface area (Å²) in [4.78, 5) is 26.3. The molecule has 2 amide bonds. The smallest absolute Gasteiger partial charge is 0.242 e. The molecule has 1 heterocycles. The molecular formula is C22H27N3O5S. The van der Waals surface area contributed by atoms with Crippen LogP contribution in [0.1, 0.15) is 26.3 Å². The fourth-order valence-electron chi connectivity index (χ4n) is 3.52. The number of carbonyl (C=O) groups is 2. The summed E-state index contributed by atoms with van der Waals surface area (Å²) in [5.74, 6) is -0.252. The van der Waals surface area contributed by atoms with E-state index >= 15 is 0 Å². The van der Waals surface area contributed by atoms with Crippen LogP contribution in [-0.4, -0.2) is 39.9 Å². The number of ether oxygens (including phenoxy) is 1. The highest BCUT2D eigenvalue weighted by atomic mass is 32.2. The minimum Gasteiger partial charge on any atom is -0.497 e. The van der Waals surface area contributed by atoms with E-state index < -0.39 is 22.0 Å². The maximum absolute atomic E-state index is 13.0. The van der Waals surface area contributed by atoms with Gasteiger partial charge in [0.2, 0.25) is 21.8 Å². The number of fused-ring (bicyclic) bond motifs is 1. The van der Waals surface area contributed by atoms with E-state index in [-0.39, 0.29) is 16.7 Å². The van der Waals surface area contributed by atoms with Gasteiger partial charge in [-0.15, -0.1) is 0 Å². The fraction of sp³-hybridized carbons (Fsp3) is 0.364. The molecule has 0 fully saturated rings. The molecule has 0 saturated heterocycles. The number of sulfonamides is 1. The van der Waals surface area contributed by atoms with Crippen molar-refractivity contribution in [1.82, 2.24) is 4.72 Å². The fourth-order valence-corrected chi connectivity index (χ4v) is 4.91. The average Bonchev–Trinajstić information content (AvgIpc) is 3.15. The van der Waals surface area contributed by atoms with Crippen LogP contribution in [0.4, 0.5) is 11.4 Å². The third kappa shape index (κ3) is 5.05. The number of methoxy groups -OCH3 is 1. The lowest BCUT2D eigenvalue weighted by atomic mass is 10.0. The van der Waals surface area contributed by atoms with E-state index in [0.29, 0.717) is 24.4 Å². The Morgan fingerprint density at radius 1 is 1.13 bits per heavy atom. The molecule has 0 unspecified atom stereocenters. The lowest BCUT2D eigenvalue weighted by Crippen LogP contribution is -2.47. The first-order valence-corrected chi connectivity index (χ1v) is 11.5. The third-order valence-electron chi connectivity index (χ3n) is 5.21. The molecule has 0 spiro atoms. The van der Waals surface area contributed by atoms with Crippen molar-refractivity contribution >= 4 is 33.2 Å². The zero-order valence-electron chi connectivity index (χ0n) is 18.0. The summed E-state index contributed by atoms with van der Waals surface area (Å²) in [7, 11) is -2.43. The monoisotopic (exact) mass is 445 g/mol. The Labute approximate surface area is 182 Å². The van der Waals surface area contributed by atoms with Gasteiger partial charge in [-0.3, -0.25) is 9.59 Å². The van der Waals surface area contributed by atoms with Crippen molar-refractivity contribution in [3.8, 4) is 5.75 Å². The van der Waals surface area contributed by atoms with Gasteiger partial charge in [-0.25, -0.2) is 8.42 Å². The van der Waals surface area contributed by atoms with Gasteiger partial charge < -0.3 is 15.0 Å². The number of carbonyl (C=O) groups excluding carboxylic acids is 2. The van der Waals surface area contributed by atoms with E-state index in [1.807, 2.05) is 0 Å². The van der Waals surface area contributed by atoms with E-state index in [1.165, 1.54) is 20.1 Å². The van der Waals surface area contributed by atoms with E-state index in [0.717, 1.165) is 11.3 Å². The minimum atomic E-state index is -3.95. The summed E-state index contributed by atoms with van der Waals surface area (Å²) >= 11 is 0. The molecule has 0 radical (unpaired) electrons. The van der Waals surface area contributed by atoms with Crippen molar-refractivity contribution < 1.29 is 22.7 Å². The standard InChI is InChI=1S/C22H27N3O5S/c1-14(2)21(22(27)23-17-6-5-7-18(13-17)30-4)24-31(28,29)19-8-9-20-16(12-19)10-11-25(20)15(3)26/h5-9,12-14,21,24H,10-11H2,1-4H3,(H,23,27)/t21-/m1/s1. The molecule has 9 heteroatoms. The molecule has 0 aliphatic carbocycles. The van der Waals surface area contributed by atoms with Gasteiger partial charge in [0, 0.05) is 30.9 Å². The molecule has 31 heavy (non-hydrogen) atoms. The molecule has 1 aliphatic rings. The van der Waals surface area contributed by atoms with Gasteiger partial charge in [0.05, 0.1) is 12.0 Å². The Hall–Kier alpha value is -2.91. The van der Waals surface area contributed by atoms with Crippen LogP contribution in [0, 0.1) is 5.92 Å². The van der Waals surface area contributed by atoms with E-state index in [4.69, 9.17) is 4.74 Å². The highest BCUT2D eigenvalue weighted by Gasteiger charge is 2.30. The van der Waals surface area contributed by atoms with Gasteiger partial charge in [-0.1, -0.05) is 19.9 Å². The Bertz CT molecular complexity index is 1100. The summed E-state index contributed by atoms with van der Waals surface area (Å²) < 4.78 is 33.7. The molecule has 0 aromatic heterocycles. The molecular weight excluding hydrogens is 418 g/mol. The van der Waals surface area contributed by atoms with Gasteiger partial charge in [-0.2, -0.15) is 4.72 Å². The maximum atomic E-state index is 13.0. The van der Waals surface area contributed by atoms with Gasteiger partial charge in [0.15, 0.2) is 0 Å². The van der Waals surface area contributed by atoms with Crippen molar-refractivity contribution in [3.05, 3.63) is 48.0 Å². The van der Waals surface area contributed by atoms with Crippen molar-refractivity contribution in [2.24, 2.45) is 5.92 Å². The van der Waals surface area contributed by atoms with Gasteiger partial charge in [0.1, 0.15) is 11.8 Å². The Morgan fingerprint density at radius 3 is 2.52 bits per heavy atom. The summed E-state index contributed by atoms with van der Waals surface area (Å²) in [6, 6.07) is 10.5. The number of hydrogen-bond acceptors (Lipinski definition) is 5. The van der Waals surface area contributed by atoms with E-state index in [2.05, 4.69) is 10.0 Å². The van der Waals surface area contributed by atoms with Gasteiger partial charge >= 0.3 is 0 Å². The highest BCUT2D eigenvalue weighted by Crippen LogP contribution is 2.30. The first kappa shape index (κ1) is 22.8. The highest BCUT2D eigenvalue weighted by molar-refractivity contribution is 7.89. The second-order valence-corrected chi connectivity index (χ2v) is 9.49. The predicted octanol–water partition coefficient (Wildman–Crippen LogP) is 2.55. The molecule has 2 N–H and O–H groups in total. The molecule has 0 saturated carbocycles. The summed E-state index contributed by atoms with van der Waals surface area (Å²) in [5.41, 5.74) is 2.03. The molecule has 2 aromatic carbocycles.